The lowest BCUT2D eigenvalue weighted by Gasteiger charge is -2.24. The van der Waals surface area contributed by atoms with E-state index in [1.165, 1.54) is 6.08 Å². The number of carbonyl (C=O) groups excluding carboxylic acids is 2. The molecule has 0 N–H and O–H groups in total. The van der Waals surface area contributed by atoms with Crippen LogP contribution in [0.5, 0.6) is 0 Å². The van der Waals surface area contributed by atoms with Gasteiger partial charge in [-0.1, -0.05) is 90.3 Å². The molecule has 0 aliphatic carbocycles. The first-order valence-electron chi connectivity index (χ1n) is 13.2. The maximum atomic E-state index is 12.8. The Morgan fingerprint density at radius 3 is 2.46 bits per heavy atom. The zero-order chi connectivity index (χ0) is 25.7. The van der Waals surface area contributed by atoms with E-state index in [9.17, 15) is 9.59 Å². The van der Waals surface area contributed by atoms with Gasteiger partial charge in [-0.25, -0.2) is 9.59 Å². The summed E-state index contributed by atoms with van der Waals surface area (Å²) in [4.78, 5) is 25.1. The van der Waals surface area contributed by atoms with Crippen LogP contribution in [0.15, 0.2) is 54.1 Å². The molecule has 35 heavy (non-hydrogen) atoms. The molecule has 0 amide bonds. The molecule has 0 spiro atoms. The summed E-state index contributed by atoms with van der Waals surface area (Å²) in [6, 6.07) is 9.85. The molecule has 0 bridgehead atoms. The molecule has 1 saturated heterocycles. The van der Waals surface area contributed by atoms with Crippen molar-refractivity contribution in [2.24, 2.45) is 17.8 Å². The van der Waals surface area contributed by atoms with Crippen LogP contribution in [0.25, 0.3) is 0 Å². The third-order valence-corrected chi connectivity index (χ3v) is 6.62. The van der Waals surface area contributed by atoms with Gasteiger partial charge in [0.25, 0.3) is 0 Å². The number of hydrogen-bond donors (Lipinski definition) is 0. The van der Waals surface area contributed by atoms with E-state index in [2.05, 4.69) is 34.6 Å². The standard InChI is InChI=1S/C30H44O5/c1-6-7-8-12-19-34-28(31)17-18-30(22-33-21-25-13-10-9-11-14-25)20-26(29(32)35-30)15-16-27(23(2)3)24(4)5/h9-11,13-15,17-18,23-24,27H,6-8,12,16,19-22H2,1-5H3/b18-17+,26-15+/t30-/m1/s1. The molecule has 1 aromatic rings. The van der Waals surface area contributed by atoms with Crippen LogP contribution in [0.1, 0.15) is 78.7 Å². The molecular formula is C30H44O5. The monoisotopic (exact) mass is 484 g/mol. The summed E-state index contributed by atoms with van der Waals surface area (Å²) >= 11 is 0. The predicted molar refractivity (Wildman–Crippen MR) is 140 cm³/mol. The number of hydrogen-bond acceptors (Lipinski definition) is 5. The highest BCUT2D eigenvalue weighted by molar-refractivity contribution is 5.92. The summed E-state index contributed by atoms with van der Waals surface area (Å²) in [5, 5.41) is 0. The van der Waals surface area contributed by atoms with Crippen LogP contribution in [0.2, 0.25) is 0 Å². The van der Waals surface area contributed by atoms with Crippen molar-refractivity contribution in [3.8, 4) is 0 Å². The minimum absolute atomic E-state index is 0.170. The van der Waals surface area contributed by atoms with E-state index in [1.807, 2.05) is 36.4 Å². The van der Waals surface area contributed by atoms with Crippen LogP contribution in [0.4, 0.5) is 0 Å². The van der Waals surface area contributed by atoms with E-state index in [0.29, 0.717) is 43.0 Å². The van der Waals surface area contributed by atoms with Crippen LogP contribution >= 0.6 is 0 Å². The minimum atomic E-state index is -1.01. The molecule has 5 nitrogen and oxygen atoms in total. The first kappa shape index (κ1) is 28.8. The maximum absolute atomic E-state index is 12.8. The van der Waals surface area contributed by atoms with Crippen LogP contribution < -0.4 is 0 Å². The second-order valence-electron chi connectivity index (χ2n) is 10.3. The van der Waals surface area contributed by atoms with Gasteiger partial charge < -0.3 is 14.2 Å². The fraction of sp³-hybridized carbons (Fsp3) is 0.600. The van der Waals surface area contributed by atoms with Crippen molar-refractivity contribution in [2.45, 2.75) is 85.4 Å². The fourth-order valence-electron chi connectivity index (χ4n) is 4.54. The molecule has 0 unspecified atom stereocenters. The summed E-state index contributed by atoms with van der Waals surface area (Å²) in [5.74, 6) is 0.776. The summed E-state index contributed by atoms with van der Waals surface area (Å²) < 4.78 is 17.1. The third-order valence-electron chi connectivity index (χ3n) is 6.62. The lowest BCUT2D eigenvalue weighted by atomic mass is 9.82. The Morgan fingerprint density at radius 2 is 1.80 bits per heavy atom. The average Bonchev–Trinajstić information content (AvgIpc) is 3.13. The van der Waals surface area contributed by atoms with Gasteiger partial charge in [-0.15, -0.1) is 0 Å². The molecule has 1 aromatic carbocycles. The number of esters is 2. The van der Waals surface area contributed by atoms with Crippen molar-refractivity contribution in [1.82, 2.24) is 0 Å². The summed E-state index contributed by atoms with van der Waals surface area (Å²) in [5.41, 5.74) is 0.677. The van der Waals surface area contributed by atoms with Crippen molar-refractivity contribution >= 4 is 11.9 Å². The Labute approximate surface area is 211 Å². The van der Waals surface area contributed by atoms with Crippen LogP contribution in [-0.2, 0) is 30.4 Å². The number of unbranched alkanes of at least 4 members (excludes halogenated alkanes) is 3. The molecule has 194 valence electrons. The predicted octanol–water partition coefficient (Wildman–Crippen LogP) is 6.81. The molecule has 2 rings (SSSR count). The van der Waals surface area contributed by atoms with Crippen molar-refractivity contribution in [2.75, 3.05) is 13.2 Å². The molecular weight excluding hydrogens is 440 g/mol. The van der Waals surface area contributed by atoms with E-state index < -0.39 is 11.6 Å². The third kappa shape index (κ3) is 10.0. The number of ether oxygens (including phenoxy) is 3. The second-order valence-corrected chi connectivity index (χ2v) is 10.3. The largest absolute Gasteiger partial charge is 0.463 e. The van der Waals surface area contributed by atoms with Gasteiger partial charge in [0.05, 0.1) is 19.8 Å². The van der Waals surface area contributed by atoms with E-state index in [-0.39, 0.29) is 12.6 Å². The lowest BCUT2D eigenvalue weighted by molar-refractivity contribution is -0.148. The number of carbonyl (C=O) groups is 2. The zero-order valence-corrected chi connectivity index (χ0v) is 22.3. The summed E-state index contributed by atoms with van der Waals surface area (Å²) in [7, 11) is 0. The molecule has 0 aromatic heterocycles. The highest BCUT2D eigenvalue weighted by Gasteiger charge is 2.42. The summed E-state index contributed by atoms with van der Waals surface area (Å²) in [6.07, 6.45) is 10.4. The van der Waals surface area contributed by atoms with E-state index >= 15 is 0 Å². The number of benzene rings is 1. The first-order chi connectivity index (χ1) is 16.8. The molecule has 5 heteroatoms. The van der Waals surface area contributed by atoms with Crippen LogP contribution in [-0.4, -0.2) is 30.8 Å². The van der Waals surface area contributed by atoms with Gasteiger partial charge in [0.1, 0.15) is 0 Å². The highest BCUT2D eigenvalue weighted by atomic mass is 16.6. The van der Waals surface area contributed by atoms with E-state index in [1.54, 1.807) is 6.08 Å². The van der Waals surface area contributed by atoms with Crippen LogP contribution in [0, 0.1) is 17.8 Å². The fourth-order valence-corrected chi connectivity index (χ4v) is 4.54. The topological polar surface area (TPSA) is 61.8 Å². The van der Waals surface area contributed by atoms with Crippen LogP contribution in [0.3, 0.4) is 0 Å². The highest BCUT2D eigenvalue weighted by Crippen LogP contribution is 2.35. The van der Waals surface area contributed by atoms with Crippen molar-refractivity contribution in [3.05, 3.63) is 59.7 Å². The second kappa shape index (κ2) is 14.9. The van der Waals surface area contributed by atoms with E-state index in [0.717, 1.165) is 37.7 Å². The molecule has 0 radical (unpaired) electrons. The van der Waals surface area contributed by atoms with Gasteiger partial charge >= 0.3 is 11.9 Å². The normalized spacial score (nSPS) is 19.4. The SMILES string of the molecule is CCCCCCOC(=O)/C=C/[C@]1(COCc2ccccc2)C/C(=C\CC(C(C)C)C(C)C)C(=O)O1. The quantitative estimate of drug-likeness (QED) is 0.155. The van der Waals surface area contributed by atoms with Gasteiger partial charge in [0.15, 0.2) is 5.60 Å². The van der Waals surface area contributed by atoms with E-state index in [4.69, 9.17) is 14.2 Å². The van der Waals surface area contributed by atoms with Gasteiger partial charge in [-0.3, -0.25) is 0 Å². The first-order valence-corrected chi connectivity index (χ1v) is 13.2. The van der Waals surface area contributed by atoms with Gasteiger partial charge in [0, 0.05) is 18.1 Å². The zero-order valence-electron chi connectivity index (χ0n) is 22.3. The Hall–Kier alpha value is -2.40. The minimum Gasteiger partial charge on any atom is -0.463 e. The van der Waals surface area contributed by atoms with Crippen molar-refractivity contribution < 1.29 is 23.8 Å². The molecule has 1 heterocycles. The number of allylic oxidation sites excluding steroid dienone is 1. The Kier molecular flexibility index (Phi) is 12.3. The van der Waals surface area contributed by atoms with Gasteiger partial charge in [-0.05, 0) is 42.2 Å². The lowest BCUT2D eigenvalue weighted by Crippen LogP contribution is -2.32. The Morgan fingerprint density at radius 1 is 1.09 bits per heavy atom. The van der Waals surface area contributed by atoms with Gasteiger partial charge in [-0.2, -0.15) is 0 Å². The van der Waals surface area contributed by atoms with Gasteiger partial charge in [0.2, 0.25) is 0 Å². The average molecular weight is 485 g/mol. The van der Waals surface area contributed by atoms with Crippen molar-refractivity contribution in [1.29, 1.82) is 0 Å². The Bertz CT molecular complexity index is 832. The smallest absolute Gasteiger partial charge is 0.334 e. The molecule has 0 saturated carbocycles. The number of cyclic esters (lactones) is 1. The van der Waals surface area contributed by atoms with Crippen molar-refractivity contribution in [3.63, 3.8) is 0 Å². The molecule has 1 atom stereocenters. The number of rotatable bonds is 15. The Balaban J connectivity index is 2.08. The molecule has 1 aliphatic heterocycles. The molecule has 1 fully saturated rings. The molecule has 1 aliphatic rings. The summed E-state index contributed by atoms with van der Waals surface area (Å²) in [6.45, 7) is 12.0. The maximum Gasteiger partial charge on any atom is 0.334 e.